The SMILES string of the molecule is Cn1cc(C2=NOC(N3CCC(Cc4ccc(F)c(F)c4)CC3)N2)ccc1=O. The lowest BCUT2D eigenvalue weighted by atomic mass is 9.90. The molecule has 0 aliphatic carbocycles. The summed E-state index contributed by atoms with van der Waals surface area (Å²) in [5, 5.41) is 7.36. The van der Waals surface area contributed by atoms with Crippen LogP contribution in [0, 0.1) is 17.6 Å². The molecule has 6 nitrogen and oxygen atoms in total. The van der Waals surface area contributed by atoms with Crippen LogP contribution in [0.4, 0.5) is 8.78 Å². The summed E-state index contributed by atoms with van der Waals surface area (Å²) in [4.78, 5) is 19.2. The van der Waals surface area contributed by atoms with E-state index in [9.17, 15) is 13.6 Å². The minimum absolute atomic E-state index is 0.0806. The van der Waals surface area contributed by atoms with Crippen LogP contribution < -0.4 is 10.9 Å². The van der Waals surface area contributed by atoms with Gasteiger partial charge in [0.15, 0.2) is 17.5 Å². The number of benzene rings is 1. The zero-order valence-electron chi connectivity index (χ0n) is 15.6. The molecule has 1 saturated heterocycles. The molecule has 0 bridgehead atoms. The lowest BCUT2D eigenvalue weighted by Crippen LogP contribution is -2.49. The minimum atomic E-state index is -0.808. The highest BCUT2D eigenvalue weighted by molar-refractivity contribution is 5.98. The molecule has 8 heteroatoms. The van der Waals surface area contributed by atoms with Gasteiger partial charge in [0.25, 0.3) is 6.35 Å². The number of hydrogen-bond donors (Lipinski definition) is 1. The maximum Gasteiger partial charge on any atom is 0.257 e. The first kappa shape index (κ1) is 18.6. The molecule has 3 heterocycles. The lowest BCUT2D eigenvalue weighted by Gasteiger charge is -2.34. The highest BCUT2D eigenvalue weighted by Gasteiger charge is 2.30. The second-order valence-electron chi connectivity index (χ2n) is 7.34. The molecule has 0 saturated carbocycles. The molecular formula is C20H22F2N4O2. The summed E-state index contributed by atoms with van der Waals surface area (Å²) in [6.07, 6.45) is 4.00. The largest absolute Gasteiger partial charge is 0.351 e. The highest BCUT2D eigenvalue weighted by Crippen LogP contribution is 2.24. The predicted molar refractivity (Wildman–Crippen MR) is 101 cm³/mol. The van der Waals surface area contributed by atoms with Gasteiger partial charge in [-0.1, -0.05) is 11.2 Å². The van der Waals surface area contributed by atoms with Crippen LogP contribution in [0.15, 0.2) is 46.5 Å². The average molecular weight is 388 g/mol. The monoisotopic (exact) mass is 388 g/mol. The number of nitrogens with zero attached hydrogens (tertiary/aromatic N) is 3. The van der Waals surface area contributed by atoms with Gasteiger partial charge in [0, 0.05) is 38.0 Å². The van der Waals surface area contributed by atoms with E-state index in [4.69, 9.17) is 4.84 Å². The predicted octanol–water partition coefficient (Wildman–Crippen LogP) is 2.18. The first-order valence-electron chi connectivity index (χ1n) is 9.35. The standard InChI is InChI=1S/C20H22F2N4O2/c1-25-12-15(3-5-18(25)27)19-23-20(28-24-19)26-8-6-13(7-9-26)10-14-2-4-16(21)17(22)11-14/h2-5,11-13,20H,6-10H2,1H3,(H,23,24). The minimum Gasteiger partial charge on any atom is -0.351 e. The number of aromatic nitrogens is 1. The fraction of sp³-hybridized carbons (Fsp3) is 0.400. The number of hydrogen-bond acceptors (Lipinski definition) is 5. The van der Waals surface area contributed by atoms with Crippen molar-refractivity contribution in [2.24, 2.45) is 18.1 Å². The second-order valence-corrected chi connectivity index (χ2v) is 7.34. The van der Waals surface area contributed by atoms with E-state index in [1.165, 1.54) is 22.8 Å². The number of aryl methyl sites for hydroxylation is 1. The summed E-state index contributed by atoms with van der Waals surface area (Å²) < 4.78 is 27.9. The van der Waals surface area contributed by atoms with E-state index < -0.39 is 11.6 Å². The zero-order valence-corrected chi connectivity index (χ0v) is 15.6. The summed E-state index contributed by atoms with van der Waals surface area (Å²) in [6, 6.07) is 7.34. The summed E-state index contributed by atoms with van der Waals surface area (Å²) in [7, 11) is 1.69. The van der Waals surface area contributed by atoms with E-state index in [-0.39, 0.29) is 11.9 Å². The smallest absolute Gasteiger partial charge is 0.257 e. The van der Waals surface area contributed by atoms with Crippen molar-refractivity contribution in [3.63, 3.8) is 0 Å². The van der Waals surface area contributed by atoms with E-state index in [0.717, 1.165) is 43.5 Å². The van der Waals surface area contributed by atoms with Crippen molar-refractivity contribution in [1.82, 2.24) is 14.8 Å². The molecule has 1 unspecified atom stereocenters. The van der Waals surface area contributed by atoms with Crippen molar-refractivity contribution in [3.05, 3.63) is 69.6 Å². The third-order valence-corrected chi connectivity index (χ3v) is 5.35. The summed E-state index contributed by atoms with van der Waals surface area (Å²) >= 11 is 0. The van der Waals surface area contributed by atoms with Crippen LogP contribution in [0.25, 0.3) is 0 Å². The van der Waals surface area contributed by atoms with Gasteiger partial charge in [-0.25, -0.2) is 13.7 Å². The van der Waals surface area contributed by atoms with E-state index in [1.54, 1.807) is 25.4 Å². The van der Waals surface area contributed by atoms with Crippen molar-refractivity contribution < 1.29 is 13.6 Å². The molecule has 2 aliphatic rings. The summed E-state index contributed by atoms with van der Waals surface area (Å²) in [5.74, 6) is -0.574. The first-order chi connectivity index (χ1) is 13.5. The van der Waals surface area contributed by atoms with E-state index in [0.29, 0.717) is 11.8 Å². The fourth-order valence-electron chi connectivity index (χ4n) is 3.69. The Balaban J connectivity index is 1.30. The number of piperidine rings is 1. The number of likely N-dealkylation sites (tertiary alicyclic amines) is 1. The molecule has 148 valence electrons. The van der Waals surface area contributed by atoms with Crippen LogP contribution >= 0.6 is 0 Å². The maximum atomic E-state index is 13.4. The molecule has 0 amide bonds. The molecule has 0 spiro atoms. The van der Waals surface area contributed by atoms with Gasteiger partial charge in [-0.3, -0.25) is 4.79 Å². The highest BCUT2D eigenvalue weighted by atomic mass is 19.2. The number of nitrogens with one attached hydrogen (secondary N) is 1. The Morgan fingerprint density at radius 3 is 2.68 bits per heavy atom. The Bertz CT molecular complexity index is 951. The number of rotatable bonds is 4. The molecule has 1 N–H and O–H groups in total. The molecule has 0 radical (unpaired) electrons. The second kappa shape index (κ2) is 7.71. The molecule has 4 rings (SSSR count). The third-order valence-electron chi connectivity index (χ3n) is 5.35. The zero-order chi connectivity index (χ0) is 19.7. The summed E-state index contributed by atoms with van der Waals surface area (Å²) in [6.45, 7) is 1.64. The Morgan fingerprint density at radius 2 is 1.96 bits per heavy atom. The quantitative estimate of drug-likeness (QED) is 0.872. The van der Waals surface area contributed by atoms with Gasteiger partial charge in [-0.05, 0) is 48.9 Å². The lowest BCUT2D eigenvalue weighted by molar-refractivity contribution is -0.0632. The molecule has 2 aliphatic heterocycles. The van der Waals surface area contributed by atoms with Gasteiger partial charge in [0.05, 0.1) is 0 Å². The van der Waals surface area contributed by atoms with Crippen LogP contribution in [0.1, 0.15) is 24.0 Å². The van der Waals surface area contributed by atoms with Gasteiger partial charge in [-0.2, -0.15) is 0 Å². The molecule has 1 fully saturated rings. The van der Waals surface area contributed by atoms with E-state index >= 15 is 0 Å². The first-order valence-corrected chi connectivity index (χ1v) is 9.35. The van der Waals surface area contributed by atoms with Crippen molar-refractivity contribution in [1.29, 1.82) is 0 Å². The fourth-order valence-corrected chi connectivity index (χ4v) is 3.69. The van der Waals surface area contributed by atoms with Crippen molar-refractivity contribution in [2.45, 2.75) is 25.6 Å². The number of pyridine rings is 1. The summed E-state index contributed by atoms with van der Waals surface area (Å²) in [5.41, 5.74) is 1.54. The topological polar surface area (TPSA) is 58.9 Å². The molecule has 1 aromatic heterocycles. The van der Waals surface area contributed by atoms with Crippen molar-refractivity contribution >= 4 is 5.84 Å². The molecule has 2 aromatic rings. The van der Waals surface area contributed by atoms with Crippen molar-refractivity contribution in [3.8, 4) is 0 Å². The van der Waals surface area contributed by atoms with Crippen LogP contribution in [0.2, 0.25) is 0 Å². The van der Waals surface area contributed by atoms with Gasteiger partial charge in [0.1, 0.15) is 0 Å². The molecule has 1 aromatic carbocycles. The normalized spacial score (nSPS) is 20.5. The number of oxime groups is 1. The van der Waals surface area contributed by atoms with Crippen LogP contribution in [0.3, 0.4) is 0 Å². The van der Waals surface area contributed by atoms with Crippen LogP contribution in [0.5, 0.6) is 0 Å². The van der Waals surface area contributed by atoms with E-state index in [1.807, 2.05) is 0 Å². The molecular weight excluding hydrogens is 366 g/mol. The van der Waals surface area contributed by atoms with Gasteiger partial charge in [-0.15, -0.1) is 0 Å². The van der Waals surface area contributed by atoms with Crippen molar-refractivity contribution in [2.75, 3.05) is 13.1 Å². The van der Waals surface area contributed by atoms with Gasteiger partial charge in [0.2, 0.25) is 5.56 Å². The van der Waals surface area contributed by atoms with Crippen LogP contribution in [-0.4, -0.2) is 34.7 Å². The Labute approximate surface area is 161 Å². The number of halogens is 2. The van der Waals surface area contributed by atoms with Crippen LogP contribution in [-0.2, 0) is 18.3 Å². The molecule has 28 heavy (non-hydrogen) atoms. The third kappa shape index (κ3) is 3.91. The van der Waals surface area contributed by atoms with E-state index in [2.05, 4.69) is 15.4 Å². The number of amidine groups is 1. The molecule has 1 atom stereocenters. The Hall–Kier alpha value is -2.74. The Kier molecular flexibility index (Phi) is 5.13. The van der Waals surface area contributed by atoms with Gasteiger partial charge >= 0.3 is 0 Å². The van der Waals surface area contributed by atoms with Gasteiger partial charge < -0.3 is 14.7 Å². The Morgan fingerprint density at radius 1 is 1.18 bits per heavy atom. The maximum absolute atomic E-state index is 13.4. The average Bonchev–Trinajstić information content (AvgIpc) is 3.18.